The summed E-state index contributed by atoms with van der Waals surface area (Å²) < 4.78 is 0. The summed E-state index contributed by atoms with van der Waals surface area (Å²) in [5.74, 6) is -0.0132. The molecule has 1 amide bonds. The number of aryl methyl sites for hydroxylation is 1. The minimum atomic E-state index is -0.0132. The number of hydrogen-bond donors (Lipinski definition) is 2. The van der Waals surface area contributed by atoms with Crippen LogP contribution in [-0.4, -0.2) is 19.5 Å². The van der Waals surface area contributed by atoms with E-state index in [1.54, 1.807) is 7.05 Å². The van der Waals surface area contributed by atoms with E-state index in [0.717, 1.165) is 18.5 Å². The van der Waals surface area contributed by atoms with E-state index in [-0.39, 0.29) is 5.91 Å². The first-order chi connectivity index (χ1) is 7.26. The van der Waals surface area contributed by atoms with Gasteiger partial charge in [0.2, 0.25) is 5.91 Å². The van der Waals surface area contributed by atoms with E-state index >= 15 is 0 Å². The van der Waals surface area contributed by atoms with Crippen LogP contribution in [0.4, 0.5) is 5.69 Å². The molecule has 0 heterocycles. The van der Waals surface area contributed by atoms with Gasteiger partial charge in [0.15, 0.2) is 0 Å². The molecule has 1 aromatic carbocycles. The van der Waals surface area contributed by atoms with Gasteiger partial charge in [0, 0.05) is 5.69 Å². The molecular formula is C12H18N2O. The summed E-state index contributed by atoms with van der Waals surface area (Å²) in [6, 6.07) is 7.99. The van der Waals surface area contributed by atoms with Crippen molar-refractivity contribution in [3.63, 3.8) is 0 Å². The molecule has 0 aromatic heterocycles. The fourth-order valence-electron chi connectivity index (χ4n) is 1.41. The summed E-state index contributed by atoms with van der Waals surface area (Å²) in [6.45, 7) is 2.50. The second-order valence-electron chi connectivity index (χ2n) is 3.53. The van der Waals surface area contributed by atoms with Crippen LogP contribution in [0.2, 0.25) is 0 Å². The number of carbonyl (C=O) groups excluding carboxylic acids is 1. The molecule has 0 aliphatic heterocycles. The van der Waals surface area contributed by atoms with Gasteiger partial charge >= 0.3 is 0 Å². The van der Waals surface area contributed by atoms with Crippen molar-refractivity contribution < 1.29 is 4.79 Å². The minimum Gasteiger partial charge on any atom is -0.325 e. The summed E-state index contributed by atoms with van der Waals surface area (Å²) in [5.41, 5.74) is 2.17. The first kappa shape index (κ1) is 11.7. The van der Waals surface area contributed by atoms with Crippen LogP contribution >= 0.6 is 0 Å². The Bertz CT molecular complexity index is 306. The van der Waals surface area contributed by atoms with Gasteiger partial charge in [-0.3, -0.25) is 4.79 Å². The normalized spacial score (nSPS) is 10.0. The second-order valence-corrected chi connectivity index (χ2v) is 3.53. The summed E-state index contributed by atoms with van der Waals surface area (Å²) in [6.07, 6.45) is 2.23. The van der Waals surface area contributed by atoms with Gasteiger partial charge in [0.25, 0.3) is 0 Å². The van der Waals surface area contributed by atoms with Crippen LogP contribution in [0.5, 0.6) is 0 Å². The number of amides is 1. The van der Waals surface area contributed by atoms with E-state index in [1.165, 1.54) is 5.56 Å². The maximum atomic E-state index is 11.2. The number of rotatable bonds is 5. The molecule has 0 aliphatic carbocycles. The Morgan fingerprint density at radius 3 is 2.47 bits per heavy atom. The van der Waals surface area contributed by atoms with Gasteiger partial charge in [-0.25, -0.2) is 0 Å². The van der Waals surface area contributed by atoms with Crippen LogP contribution in [0.1, 0.15) is 18.9 Å². The Balaban J connectivity index is 2.52. The van der Waals surface area contributed by atoms with Gasteiger partial charge in [0.05, 0.1) is 6.54 Å². The first-order valence-corrected chi connectivity index (χ1v) is 5.29. The molecule has 0 unspecified atom stereocenters. The lowest BCUT2D eigenvalue weighted by atomic mass is 10.1. The van der Waals surface area contributed by atoms with Crippen molar-refractivity contribution in [2.24, 2.45) is 0 Å². The SMILES string of the molecule is CCCc1ccc(NC(=O)CNC)cc1. The van der Waals surface area contributed by atoms with Gasteiger partial charge in [0.1, 0.15) is 0 Å². The molecule has 1 aromatic rings. The third kappa shape index (κ3) is 4.13. The van der Waals surface area contributed by atoms with Crippen LogP contribution in [0.3, 0.4) is 0 Å². The molecule has 2 N–H and O–H groups in total. The lowest BCUT2D eigenvalue weighted by molar-refractivity contribution is -0.115. The van der Waals surface area contributed by atoms with Crippen molar-refractivity contribution >= 4 is 11.6 Å². The quantitative estimate of drug-likeness (QED) is 0.771. The molecule has 0 saturated heterocycles. The average molecular weight is 206 g/mol. The van der Waals surface area contributed by atoms with Gasteiger partial charge in [-0.05, 0) is 31.2 Å². The predicted molar refractivity (Wildman–Crippen MR) is 63.0 cm³/mol. The highest BCUT2D eigenvalue weighted by Crippen LogP contribution is 2.10. The van der Waals surface area contributed by atoms with Crippen LogP contribution in [-0.2, 0) is 11.2 Å². The Kier molecular flexibility index (Phi) is 4.84. The summed E-state index contributed by atoms with van der Waals surface area (Å²) >= 11 is 0. The Morgan fingerprint density at radius 2 is 1.93 bits per heavy atom. The maximum absolute atomic E-state index is 11.2. The maximum Gasteiger partial charge on any atom is 0.238 e. The van der Waals surface area contributed by atoms with Crippen molar-refractivity contribution in [1.29, 1.82) is 0 Å². The Morgan fingerprint density at radius 1 is 1.27 bits per heavy atom. The van der Waals surface area contributed by atoms with Crippen LogP contribution < -0.4 is 10.6 Å². The zero-order valence-corrected chi connectivity index (χ0v) is 9.34. The van der Waals surface area contributed by atoms with Crippen molar-refractivity contribution in [2.45, 2.75) is 19.8 Å². The van der Waals surface area contributed by atoms with Gasteiger partial charge < -0.3 is 10.6 Å². The second kappa shape index (κ2) is 6.19. The molecule has 3 heteroatoms. The van der Waals surface area contributed by atoms with Crippen LogP contribution in [0.25, 0.3) is 0 Å². The summed E-state index contributed by atoms with van der Waals surface area (Å²) in [7, 11) is 1.75. The van der Waals surface area contributed by atoms with Crippen molar-refractivity contribution in [3.8, 4) is 0 Å². The standard InChI is InChI=1S/C12H18N2O/c1-3-4-10-5-7-11(8-6-10)14-12(15)9-13-2/h5-8,13H,3-4,9H2,1-2H3,(H,14,15). The van der Waals surface area contributed by atoms with E-state index in [1.807, 2.05) is 12.1 Å². The van der Waals surface area contributed by atoms with Gasteiger partial charge in [-0.1, -0.05) is 25.5 Å². The highest BCUT2D eigenvalue weighted by atomic mass is 16.1. The zero-order chi connectivity index (χ0) is 11.1. The smallest absolute Gasteiger partial charge is 0.238 e. The van der Waals surface area contributed by atoms with E-state index in [2.05, 4.69) is 29.7 Å². The van der Waals surface area contributed by atoms with Gasteiger partial charge in [-0.2, -0.15) is 0 Å². The fourth-order valence-corrected chi connectivity index (χ4v) is 1.41. The average Bonchev–Trinajstić information content (AvgIpc) is 2.22. The number of hydrogen-bond acceptors (Lipinski definition) is 2. The lowest BCUT2D eigenvalue weighted by Gasteiger charge is -2.05. The Hall–Kier alpha value is -1.35. The summed E-state index contributed by atoms with van der Waals surface area (Å²) in [5, 5.41) is 5.62. The monoisotopic (exact) mass is 206 g/mol. The highest BCUT2D eigenvalue weighted by Gasteiger charge is 1.99. The lowest BCUT2D eigenvalue weighted by Crippen LogP contribution is -2.24. The zero-order valence-electron chi connectivity index (χ0n) is 9.34. The Labute approximate surface area is 90.9 Å². The van der Waals surface area contributed by atoms with E-state index in [4.69, 9.17) is 0 Å². The molecular weight excluding hydrogens is 188 g/mol. The molecule has 82 valence electrons. The molecule has 15 heavy (non-hydrogen) atoms. The van der Waals surface area contributed by atoms with Gasteiger partial charge in [-0.15, -0.1) is 0 Å². The topological polar surface area (TPSA) is 41.1 Å². The number of nitrogens with one attached hydrogen (secondary N) is 2. The number of likely N-dealkylation sites (N-methyl/N-ethyl adjacent to an activating group) is 1. The molecule has 0 bridgehead atoms. The molecule has 0 fully saturated rings. The minimum absolute atomic E-state index is 0.0132. The molecule has 0 saturated carbocycles. The fraction of sp³-hybridized carbons (Fsp3) is 0.417. The number of carbonyl (C=O) groups is 1. The molecule has 0 aliphatic rings. The number of anilines is 1. The van der Waals surface area contributed by atoms with E-state index in [9.17, 15) is 4.79 Å². The number of benzene rings is 1. The molecule has 3 nitrogen and oxygen atoms in total. The van der Waals surface area contributed by atoms with Crippen molar-refractivity contribution in [1.82, 2.24) is 5.32 Å². The third-order valence-electron chi connectivity index (χ3n) is 2.11. The van der Waals surface area contributed by atoms with Crippen molar-refractivity contribution in [2.75, 3.05) is 18.9 Å². The molecule has 0 radical (unpaired) electrons. The molecule has 0 atom stereocenters. The first-order valence-electron chi connectivity index (χ1n) is 5.29. The van der Waals surface area contributed by atoms with Crippen molar-refractivity contribution in [3.05, 3.63) is 29.8 Å². The van der Waals surface area contributed by atoms with Crippen LogP contribution in [0, 0.1) is 0 Å². The largest absolute Gasteiger partial charge is 0.325 e. The third-order valence-corrected chi connectivity index (χ3v) is 2.11. The van der Waals surface area contributed by atoms with Crippen LogP contribution in [0.15, 0.2) is 24.3 Å². The van der Waals surface area contributed by atoms with E-state index < -0.39 is 0 Å². The molecule has 1 rings (SSSR count). The summed E-state index contributed by atoms with van der Waals surface area (Å²) in [4.78, 5) is 11.2. The van der Waals surface area contributed by atoms with E-state index in [0.29, 0.717) is 6.54 Å². The molecule has 0 spiro atoms. The highest BCUT2D eigenvalue weighted by molar-refractivity contribution is 5.92. The predicted octanol–water partition coefficient (Wildman–Crippen LogP) is 1.80.